The minimum Gasteiger partial charge on any atom is -0.480 e. The molecule has 0 spiro atoms. The van der Waals surface area contributed by atoms with E-state index < -0.39 is 18.0 Å². The van der Waals surface area contributed by atoms with Crippen LogP contribution < -0.4 is 10.6 Å². The van der Waals surface area contributed by atoms with Gasteiger partial charge in [0, 0.05) is 9.35 Å². The molecule has 0 aliphatic carbocycles. The molecule has 3 N–H and O–H groups in total. The second-order valence-corrected chi connectivity index (χ2v) is 5.91. The Morgan fingerprint density at radius 3 is 2.79 bits per heavy atom. The number of thiophene rings is 1. The molecular weight excluding hydrogens is 332 g/mol. The van der Waals surface area contributed by atoms with Gasteiger partial charge in [-0.25, -0.2) is 9.59 Å². The van der Waals surface area contributed by atoms with Crippen LogP contribution >= 0.6 is 27.3 Å². The predicted molar refractivity (Wildman–Crippen MR) is 78.3 cm³/mol. The Hall–Kier alpha value is -1.08. The number of hydrogen-bond acceptors (Lipinski definition) is 3. The molecule has 106 valence electrons. The number of halogens is 1. The Kier molecular flexibility index (Phi) is 6.86. The molecule has 0 aliphatic heterocycles. The minimum atomic E-state index is -0.999. The maximum absolute atomic E-state index is 11.6. The highest BCUT2D eigenvalue weighted by molar-refractivity contribution is 9.10. The summed E-state index contributed by atoms with van der Waals surface area (Å²) in [6, 6.07) is 0.622. The van der Waals surface area contributed by atoms with E-state index in [9.17, 15) is 9.59 Å². The third kappa shape index (κ3) is 5.61. The van der Waals surface area contributed by atoms with Crippen LogP contribution in [0.25, 0.3) is 0 Å². The molecule has 2 amide bonds. The summed E-state index contributed by atoms with van der Waals surface area (Å²) < 4.78 is 0.943. The normalized spacial score (nSPS) is 11.9. The summed E-state index contributed by atoms with van der Waals surface area (Å²) >= 11 is 4.89. The maximum atomic E-state index is 11.6. The average Bonchev–Trinajstić information content (AvgIpc) is 2.77. The van der Waals surface area contributed by atoms with Crippen LogP contribution in [-0.2, 0) is 11.3 Å². The fraction of sp³-hybridized carbons (Fsp3) is 0.500. The van der Waals surface area contributed by atoms with E-state index in [2.05, 4.69) is 26.6 Å². The highest BCUT2D eigenvalue weighted by atomic mass is 79.9. The number of hydrogen-bond donors (Lipinski definition) is 3. The molecule has 0 radical (unpaired) electrons. The van der Waals surface area contributed by atoms with Crippen molar-refractivity contribution in [1.82, 2.24) is 10.6 Å². The Morgan fingerprint density at radius 1 is 1.53 bits per heavy atom. The summed E-state index contributed by atoms with van der Waals surface area (Å²) in [7, 11) is 0. The van der Waals surface area contributed by atoms with Crippen molar-refractivity contribution in [3.8, 4) is 0 Å². The zero-order valence-electron chi connectivity index (χ0n) is 10.6. The van der Waals surface area contributed by atoms with Gasteiger partial charge >= 0.3 is 12.0 Å². The number of carbonyl (C=O) groups excluding carboxylic acids is 1. The Morgan fingerprint density at radius 2 is 2.26 bits per heavy atom. The number of carboxylic acids is 1. The molecule has 0 bridgehead atoms. The molecule has 5 nitrogen and oxygen atoms in total. The monoisotopic (exact) mass is 348 g/mol. The van der Waals surface area contributed by atoms with Crippen LogP contribution in [0.2, 0.25) is 0 Å². The first-order valence-electron chi connectivity index (χ1n) is 6.03. The zero-order valence-corrected chi connectivity index (χ0v) is 13.0. The van der Waals surface area contributed by atoms with E-state index >= 15 is 0 Å². The van der Waals surface area contributed by atoms with Gasteiger partial charge in [-0.15, -0.1) is 11.3 Å². The van der Waals surface area contributed by atoms with Crippen LogP contribution in [0, 0.1) is 0 Å². The van der Waals surface area contributed by atoms with Crippen molar-refractivity contribution in [3.63, 3.8) is 0 Å². The van der Waals surface area contributed by atoms with Gasteiger partial charge in [0.2, 0.25) is 0 Å². The zero-order chi connectivity index (χ0) is 14.3. The van der Waals surface area contributed by atoms with E-state index in [4.69, 9.17) is 5.11 Å². The molecule has 19 heavy (non-hydrogen) atoms. The molecule has 1 rings (SSSR count). The van der Waals surface area contributed by atoms with Gasteiger partial charge in [-0.1, -0.05) is 19.8 Å². The topological polar surface area (TPSA) is 78.4 Å². The minimum absolute atomic E-state index is 0.379. The molecule has 0 saturated heterocycles. The summed E-state index contributed by atoms with van der Waals surface area (Å²) in [6.07, 6.45) is 2.12. The second kappa shape index (κ2) is 8.16. The smallest absolute Gasteiger partial charge is 0.326 e. The first-order valence-corrected chi connectivity index (χ1v) is 7.71. The molecule has 1 aromatic rings. The lowest BCUT2D eigenvalue weighted by Gasteiger charge is -2.14. The number of amides is 2. The van der Waals surface area contributed by atoms with Crippen LogP contribution in [0.3, 0.4) is 0 Å². The molecule has 0 fully saturated rings. The first-order chi connectivity index (χ1) is 9.04. The van der Waals surface area contributed by atoms with Crippen LogP contribution in [0.15, 0.2) is 15.9 Å². The highest BCUT2D eigenvalue weighted by Gasteiger charge is 2.18. The van der Waals surface area contributed by atoms with Crippen molar-refractivity contribution in [2.75, 3.05) is 0 Å². The van der Waals surface area contributed by atoms with Gasteiger partial charge in [-0.05, 0) is 33.8 Å². The maximum Gasteiger partial charge on any atom is 0.326 e. The molecule has 1 heterocycles. The fourth-order valence-electron chi connectivity index (χ4n) is 1.49. The fourth-order valence-corrected chi connectivity index (χ4v) is 2.92. The summed E-state index contributed by atoms with van der Waals surface area (Å²) in [4.78, 5) is 23.6. The van der Waals surface area contributed by atoms with Gasteiger partial charge < -0.3 is 15.7 Å². The van der Waals surface area contributed by atoms with E-state index in [1.54, 1.807) is 0 Å². The van der Waals surface area contributed by atoms with Crippen molar-refractivity contribution < 1.29 is 14.7 Å². The van der Waals surface area contributed by atoms with Crippen molar-refractivity contribution in [2.45, 2.75) is 38.8 Å². The summed E-state index contributed by atoms with van der Waals surface area (Å²) in [6.45, 7) is 2.36. The van der Waals surface area contributed by atoms with E-state index in [0.717, 1.165) is 22.2 Å². The third-order valence-electron chi connectivity index (χ3n) is 2.55. The standard InChI is InChI=1S/C12H17BrN2O3S/c1-2-3-4-9(11(16)17)15-12(18)14-7-10-8(13)5-6-19-10/h5-6,9H,2-4,7H2,1H3,(H,16,17)(H2,14,15,18)/t9-/m0/s1. The first kappa shape index (κ1) is 16.0. The van der Waals surface area contributed by atoms with Crippen LogP contribution in [0.4, 0.5) is 4.79 Å². The highest BCUT2D eigenvalue weighted by Crippen LogP contribution is 2.21. The molecule has 0 unspecified atom stereocenters. The van der Waals surface area contributed by atoms with Crippen LogP contribution in [-0.4, -0.2) is 23.1 Å². The van der Waals surface area contributed by atoms with E-state index in [0.29, 0.717) is 13.0 Å². The number of nitrogens with one attached hydrogen (secondary N) is 2. The van der Waals surface area contributed by atoms with Gasteiger partial charge in [0.05, 0.1) is 6.54 Å². The number of unbranched alkanes of at least 4 members (excludes halogenated alkanes) is 1. The lowest BCUT2D eigenvalue weighted by atomic mass is 10.1. The number of carboxylic acid groups (broad SMARTS) is 1. The van der Waals surface area contributed by atoms with Gasteiger partial charge in [-0.3, -0.25) is 0 Å². The molecule has 0 aromatic carbocycles. The van der Waals surface area contributed by atoms with Crippen molar-refractivity contribution in [3.05, 3.63) is 20.8 Å². The second-order valence-electron chi connectivity index (χ2n) is 4.05. The van der Waals surface area contributed by atoms with Gasteiger partial charge in [0.1, 0.15) is 6.04 Å². The summed E-state index contributed by atoms with van der Waals surface area (Å²) in [5, 5.41) is 16.0. The number of carbonyl (C=O) groups is 2. The Bertz CT molecular complexity index is 436. The molecule has 0 saturated carbocycles. The van der Waals surface area contributed by atoms with Crippen molar-refractivity contribution in [1.29, 1.82) is 0 Å². The molecule has 0 aliphatic rings. The lowest BCUT2D eigenvalue weighted by Crippen LogP contribution is -2.45. The van der Waals surface area contributed by atoms with Gasteiger partial charge in [-0.2, -0.15) is 0 Å². The Labute approximate surface area is 124 Å². The summed E-state index contributed by atoms with van der Waals surface area (Å²) in [5.41, 5.74) is 0. The lowest BCUT2D eigenvalue weighted by molar-refractivity contribution is -0.139. The molecule has 1 atom stereocenters. The van der Waals surface area contributed by atoms with Gasteiger partial charge in [0.15, 0.2) is 0 Å². The molecule has 7 heteroatoms. The van der Waals surface area contributed by atoms with E-state index in [1.807, 2.05) is 18.4 Å². The Balaban J connectivity index is 2.40. The quantitative estimate of drug-likeness (QED) is 0.708. The van der Waals surface area contributed by atoms with Gasteiger partial charge in [0.25, 0.3) is 0 Å². The van der Waals surface area contributed by atoms with Crippen molar-refractivity contribution >= 4 is 39.3 Å². The SMILES string of the molecule is CCCC[C@H](NC(=O)NCc1sccc1Br)C(=O)O. The van der Waals surface area contributed by atoms with Crippen LogP contribution in [0.5, 0.6) is 0 Å². The van der Waals surface area contributed by atoms with E-state index in [-0.39, 0.29) is 0 Å². The average molecular weight is 349 g/mol. The van der Waals surface area contributed by atoms with E-state index in [1.165, 1.54) is 11.3 Å². The number of aliphatic carboxylic acids is 1. The molecule has 1 aromatic heterocycles. The van der Waals surface area contributed by atoms with Crippen LogP contribution in [0.1, 0.15) is 31.1 Å². The predicted octanol–water partition coefficient (Wildman–Crippen LogP) is 2.95. The number of urea groups is 1. The number of rotatable bonds is 7. The largest absolute Gasteiger partial charge is 0.480 e. The van der Waals surface area contributed by atoms with Crippen molar-refractivity contribution in [2.24, 2.45) is 0 Å². The third-order valence-corrected chi connectivity index (χ3v) is 4.48. The molecular formula is C12H17BrN2O3S. The summed E-state index contributed by atoms with van der Waals surface area (Å²) in [5.74, 6) is -0.999.